The number of nitrogens with one attached hydrogen (secondary N) is 2. The maximum atomic E-state index is 3.63. The van der Waals surface area contributed by atoms with Crippen LogP contribution in [-0.4, -0.2) is 19.1 Å². The molecular formula is C12H18N2S. The Morgan fingerprint density at radius 2 is 2.47 bits per heavy atom. The normalized spacial score (nSPS) is 24.7. The summed E-state index contributed by atoms with van der Waals surface area (Å²) in [5, 5.41) is 7.02. The molecule has 0 amide bonds. The van der Waals surface area contributed by atoms with Gasteiger partial charge in [0.1, 0.15) is 0 Å². The Balaban J connectivity index is 1.57. The summed E-state index contributed by atoms with van der Waals surface area (Å²) >= 11 is 2.02. The topological polar surface area (TPSA) is 24.1 Å². The molecule has 1 saturated heterocycles. The molecule has 1 aliphatic carbocycles. The Labute approximate surface area is 95.1 Å². The highest BCUT2D eigenvalue weighted by atomic mass is 32.1. The predicted octanol–water partition coefficient (Wildman–Crippen LogP) is 1.69. The van der Waals surface area contributed by atoms with Gasteiger partial charge in [0.25, 0.3) is 0 Å². The summed E-state index contributed by atoms with van der Waals surface area (Å²) in [7, 11) is 0. The SMILES string of the molecule is c1c(CNC2CCNC2)sc2c1CCC2. The first-order valence-electron chi connectivity index (χ1n) is 5.96. The van der Waals surface area contributed by atoms with Gasteiger partial charge in [-0.05, 0) is 43.9 Å². The smallest absolute Gasteiger partial charge is 0.0303 e. The lowest BCUT2D eigenvalue weighted by atomic mass is 10.2. The Morgan fingerprint density at radius 1 is 1.47 bits per heavy atom. The van der Waals surface area contributed by atoms with Crippen molar-refractivity contribution < 1.29 is 0 Å². The van der Waals surface area contributed by atoms with E-state index in [1.165, 1.54) is 37.1 Å². The predicted molar refractivity (Wildman–Crippen MR) is 64.5 cm³/mol. The third kappa shape index (κ3) is 2.10. The Morgan fingerprint density at radius 3 is 3.27 bits per heavy atom. The van der Waals surface area contributed by atoms with Crippen molar-refractivity contribution in [2.45, 2.75) is 38.3 Å². The summed E-state index contributed by atoms with van der Waals surface area (Å²) in [6.45, 7) is 3.40. The lowest BCUT2D eigenvalue weighted by Gasteiger charge is -2.09. The van der Waals surface area contributed by atoms with E-state index < -0.39 is 0 Å². The van der Waals surface area contributed by atoms with Crippen LogP contribution in [0.4, 0.5) is 0 Å². The highest BCUT2D eigenvalue weighted by molar-refractivity contribution is 7.12. The fourth-order valence-corrected chi connectivity index (χ4v) is 3.76. The molecule has 1 fully saturated rings. The van der Waals surface area contributed by atoms with Gasteiger partial charge >= 0.3 is 0 Å². The van der Waals surface area contributed by atoms with Crippen LogP contribution in [0.3, 0.4) is 0 Å². The van der Waals surface area contributed by atoms with Gasteiger partial charge in [-0.25, -0.2) is 0 Å². The van der Waals surface area contributed by atoms with Crippen molar-refractivity contribution in [3.63, 3.8) is 0 Å². The number of aryl methyl sites for hydroxylation is 2. The second kappa shape index (κ2) is 4.24. The van der Waals surface area contributed by atoms with Crippen LogP contribution in [0.1, 0.15) is 28.2 Å². The minimum absolute atomic E-state index is 0.696. The van der Waals surface area contributed by atoms with Crippen molar-refractivity contribution in [1.82, 2.24) is 10.6 Å². The molecule has 1 aromatic heterocycles. The van der Waals surface area contributed by atoms with Gasteiger partial charge in [-0.2, -0.15) is 0 Å². The van der Waals surface area contributed by atoms with Crippen molar-refractivity contribution in [2.24, 2.45) is 0 Å². The number of rotatable bonds is 3. The minimum Gasteiger partial charge on any atom is -0.315 e. The standard InChI is InChI=1S/C12H18N2S/c1-2-9-6-11(15-12(9)3-1)8-14-10-4-5-13-7-10/h6,10,13-14H,1-5,7-8H2. The average Bonchev–Trinajstić information content (AvgIpc) is 2.91. The summed E-state index contributed by atoms with van der Waals surface area (Å²) in [6.07, 6.45) is 5.30. The number of thiophene rings is 1. The first-order chi connectivity index (χ1) is 7.42. The van der Waals surface area contributed by atoms with Crippen molar-refractivity contribution in [1.29, 1.82) is 0 Å². The Bertz CT molecular complexity index is 318. The van der Waals surface area contributed by atoms with E-state index >= 15 is 0 Å². The first kappa shape index (κ1) is 9.82. The quantitative estimate of drug-likeness (QED) is 0.813. The van der Waals surface area contributed by atoms with E-state index in [2.05, 4.69) is 16.7 Å². The van der Waals surface area contributed by atoms with Crippen LogP contribution in [0.15, 0.2) is 6.07 Å². The van der Waals surface area contributed by atoms with E-state index in [4.69, 9.17) is 0 Å². The summed E-state index contributed by atoms with van der Waals surface area (Å²) < 4.78 is 0. The third-order valence-corrected chi connectivity index (χ3v) is 4.66. The van der Waals surface area contributed by atoms with Crippen molar-refractivity contribution >= 4 is 11.3 Å². The van der Waals surface area contributed by atoms with Crippen molar-refractivity contribution in [2.75, 3.05) is 13.1 Å². The molecule has 0 saturated carbocycles. The molecule has 0 spiro atoms. The monoisotopic (exact) mass is 222 g/mol. The molecule has 3 rings (SSSR count). The molecule has 82 valence electrons. The van der Waals surface area contributed by atoms with Gasteiger partial charge in [0.05, 0.1) is 0 Å². The summed E-state index contributed by atoms with van der Waals surface area (Å²) in [4.78, 5) is 3.18. The Kier molecular flexibility index (Phi) is 2.77. The molecule has 3 heteroatoms. The van der Waals surface area contributed by atoms with Gasteiger partial charge < -0.3 is 10.6 Å². The molecule has 0 radical (unpaired) electrons. The van der Waals surface area contributed by atoms with Gasteiger partial charge in [-0.3, -0.25) is 0 Å². The van der Waals surface area contributed by atoms with Crippen LogP contribution in [0.25, 0.3) is 0 Å². The molecule has 1 unspecified atom stereocenters. The molecule has 15 heavy (non-hydrogen) atoms. The van der Waals surface area contributed by atoms with Crippen LogP contribution in [-0.2, 0) is 19.4 Å². The van der Waals surface area contributed by atoms with E-state index in [0.717, 1.165) is 13.1 Å². The zero-order valence-corrected chi connectivity index (χ0v) is 9.83. The zero-order chi connectivity index (χ0) is 10.1. The molecule has 1 aliphatic heterocycles. The number of hydrogen-bond donors (Lipinski definition) is 2. The second-order valence-corrected chi connectivity index (χ2v) is 5.81. The highest BCUT2D eigenvalue weighted by Gasteiger charge is 2.16. The fourth-order valence-electron chi connectivity index (χ4n) is 2.55. The first-order valence-corrected chi connectivity index (χ1v) is 6.78. The van der Waals surface area contributed by atoms with Crippen molar-refractivity contribution in [3.05, 3.63) is 21.4 Å². The van der Waals surface area contributed by atoms with E-state index in [9.17, 15) is 0 Å². The summed E-state index contributed by atoms with van der Waals surface area (Å²) in [5.41, 5.74) is 1.63. The largest absolute Gasteiger partial charge is 0.315 e. The molecular weight excluding hydrogens is 204 g/mol. The third-order valence-electron chi connectivity index (χ3n) is 3.42. The minimum atomic E-state index is 0.696. The number of fused-ring (bicyclic) bond motifs is 1. The van der Waals surface area contributed by atoms with Gasteiger partial charge in [0.15, 0.2) is 0 Å². The van der Waals surface area contributed by atoms with Gasteiger partial charge in [0, 0.05) is 28.9 Å². The Hall–Kier alpha value is -0.380. The molecule has 1 aromatic rings. The van der Waals surface area contributed by atoms with E-state index in [-0.39, 0.29) is 0 Å². The average molecular weight is 222 g/mol. The highest BCUT2D eigenvalue weighted by Crippen LogP contribution is 2.30. The molecule has 0 bridgehead atoms. The van der Waals surface area contributed by atoms with Crippen LogP contribution in [0.2, 0.25) is 0 Å². The molecule has 0 aromatic carbocycles. The zero-order valence-electron chi connectivity index (χ0n) is 9.01. The van der Waals surface area contributed by atoms with Gasteiger partial charge in [0.2, 0.25) is 0 Å². The maximum Gasteiger partial charge on any atom is 0.0303 e. The number of hydrogen-bond acceptors (Lipinski definition) is 3. The van der Waals surface area contributed by atoms with Crippen LogP contribution >= 0.6 is 11.3 Å². The summed E-state index contributed by atoms with van der Waals surface area (Å²) in [5.74, 6) is 0. The van der Waals surface area contributed by atoms with E-state index in [0.29, 0.717) is 6.04 Å². The van der Waals surface area contributed by atoms with Gasteiger partial charge in [-0.15, -0.1) is 11.3 Å². The summed E-state index contributed by atoms with van der Waals surface area (Å²) in [6, 6.07) is 3.12. The lowest BCUT2D eigenvalue weighted by molar-refractivity contribution is 0.550. The van der Waals surface area contributed by atoms with Gasteiger partial charge in [-0.1, -0.05) is 0 Å². The molecule has 2 aliphatic rings. The van der Waals surface area contributed by atoms with Crippen molar-refractivity contribution in [3.8, 4) is 0 Å². The molecule has 2 heterocycles. The molecule has 2 N–H and O–H groups in total. The second-order valence-electron chi connectivity index (χ2n) is 4.59. The van der Waals surface area contributed by atoms with E-state index in [1.54, 1.807) is 10.4 Å². The van der Waals surface area contributed by atoms with E-state index in [1.807, 2.05) is 11.3 Å². The maximum absolute atomic E-state index is 3.63. The fraction of sp³-hybridized carbons (Fsp3) is 0.667. The van der Waals surface area contributed by atoms with Crippen LogP contribution in [0.5, 0.6) is 0 Å². The lowest BCUT2D eigenvalue weighted by Crippen LogP contribution is -2.30. The molecule has 1 atom stereocenters. The molecule has 2 nitrogen and oxygen atoms in total. The van der Waals surface area contributed by atoms with Crippen LogP contribution in [0, 0.1) is 0 Å². The van der Waals surface area contributed by atoms with Crippen LogP contribution < -0.4 is 10.6 Å².